The number of fused-ring (bicyclic) bond motifs is 1. The van der Waals surface area contributed by atoms with E-state index in [0.717, 1.165) is 16.8 Å². The van der Waals surface area contributed by atoms with Crippen molar-refractivity contribution < 1.29 is 23.9 Å². The molecule has 0 aliphatic carbocycles. The number of hydrogen-bond donors (Lipinski definition) is 4. The number of rotatable bonds is 10. The number of benzene rings is 3. The molecule has 41 heavy (non-hydrogen) atoms. The zero-order valence-corrected chi connectivity index (χ0v) is 23.8. The Hall–Kier alpha value is -4.63. The normalized spacial score (nSPS) is 13.6. The highest BCUT2D eigenvalue weighted by atomic mass is 16.6. The van der Waals surface area contributed by atoms with Crippen LogP contribution < -0.4 is 21.3 Å². The van der Waals surface area contributed by atoms with Gasteiger partial charge in [0.15, 0.2) is 0 Å². The van der Waals surface area contributed by atoms with Gasteiger partial charge >= 0.3 is 12.1 Å². The number of hydrogen-bond acceptors (Lipinski definition) is 7. The summed E-state index contributed by atoms with van der Waals surface area (Å²) >= 11 is 0. The Balaban J connectivity index is 1.47. The lowest BCUT2D eigenvalue weighted by Crippen LogP contribution is -2.36. The minimum atomic E-state index is -0.526. The summed E-state index contributed by atoms with van der Waals surface area (Å²) in [5.41, 5.74) is 5.00. The Labute approximate surface area is 240 Å². The van der Waals surface area contributed by atoms with Gasteiger partial charge in [-0.1, -0.05) is 48.5 Å². The third kappa shape index (κ3) is 7.95. The van der Waals surface area contributed by atoms with Crippen molar-refractivity contribution in [2.75, 3.05) is 30.3 Å². The molecule has 3 aromatic rings. The number of nitrogens with one attached hydrogen (secondary N) is 4. The zero-order chi connectivity index (χ0) is 29.4. The van der Waals surface area contributed by atoms with Gasteiger partial charge in [-0.15, -0.1) is 0 Å². The summed E-state index contributed by atoms with van der Waals surface area (Å²) in [5.74, 6) is -0.689. The lowest BCUT2D eigenvalue weighted by molar-refractivity contribution is -0.110. The van der Waals surface area contributed by atoms with Crippen molar-refractivity contribution in [1.29, 1.82) is 0 Å². The molecule has 4 rings (SSSR count). The minimum absolute atomic E-state index is 0.256. The van der Waals surface area contributed by atoms with E-state index in [9.17, 15) is 14.4 Å². The molecule has 3 aromatic carbocycles. The van der Waals surface area contributed by atoms with E-state index in [4.69, 9.17) is 9.47 Å². The summed E-state index contributed by atoms with van der Waals surface area (Å²) in [6.45, 7) is 9.18. The predicted molar refractivity (Wildman–Crippen MR) is 160 cm³/mol. The SMILES string of the molecule is CCOC(=O)c1ccc2c(c1)NC(=O)/C2=C(\Nc1ccc(CNCCNC(=O)OC(C)(C)C)cc1)c1ccccc1. The maximum atomic E-state index is 13.2. The molecule has 0 saturated heterocycles. The number of esters is 1. The van der Waals surface area contributed by atoms with Gasteiger partial charge in [0.05, 0.1) is 29.1 Å². The summed E-state index contributed by atoms with van der Waals surface area (Å²) in [6.07, 6.45) is -0.434. The predicted octanol–water partition coefficient (Wildman–Crippen LogP) is 5.41. The van der Waals surface area contributed by atoms with Crippen molar-refractivity contribution in [2.24, 2.45) is 0 Å². The third-order valence-electron chi connectivity index (χ3n) is 6.11. The largest absolute Gasteiger partial charge is 0.462 e. The summed E-state index contributed by atoms with van der Waals surface area (Å²) in [5, 5.41) is 12.4. The van der Waals surface area contributed by atoms with E-state index in [1.54, 1.807) is 25.1 Å². The van der Waals surface area contributed by atoms with Crippen LogP contribution in [0, 0.1) is 0 Å². The van der Waals surface area contributed by atoms with Crippen LogP contribution in [-0.2, 0) is 20.8 Å². The van der Waals surface area contributed by atoms with E-state index in [2.05, 4.69) is 21.3 Å². The van der Waals surface area contributed by atoms with Crippen molar-refractivity contribution in [3.63, 3.8) is 0 Å². The van der Waals surface area contributed by atoms with Crippen LogP contribution in [0.25, 0.3) is 11.3 Å². The molecule has 1 heterocycles. The number of amides is 2. The molecule has 9 nitrogen and oxygen atoms in total. The second kappa shape index (κ2) is 13.1. The lowest BCUT2D eigenvalue weighted by atomic mass is 9.99. The summed E-state index contributed by atoms with van der Waals surface area (Å²) in [6, 6.07) is 22.6. The number of anilines is 2. The van der Waals surface area contributed by atoms with Gasteiger partial charge in [0, 0.05) is 30.9 Å². The van der Waals surface area contributed by atoms with Crippen molar-refractivity contribution >= 4 is 40.6 Å². The quantitative estimate of drug-likeness (QED) is 0.150. The van der Waals surface area contributed by atoms with E-state index >= 15 is 0 Å². The van der Waals surface area contributed by atoms with Gasteiger partial charge in [-0.2, -0.15) is 0 Å². The lowest BCUT2D eigenvalue weighted by Gasteiger charge is -2.19. The molecule has 4 N–H and O–H groups in total. The van der Waals surface area contributed by atoms with Crippen LogP contribution >= 0.6 is 0 Å². The maximum absolute atomic E-state index is 13.2. The van der Waals surface area contributed by atoms with Crippen molar-refractivity contribution in [2.45, 2.75) is 39.8 Å². The van der Waals surface area contributed by atoms with Crippen LogP contribution in [0.5, 0.6) is 0 Å². The Morgan fingerprint density at radius 2 is 1.63 bits per heavy atom. The third-order valence-corrected chi connectivity index (χ3v) is 6.11. The van der Waals surface area contributed by atoms with Crippen molar-refractivity contribution in [3.05, 3.63) is 95.1 Å². The van der Waals surface area contributed by atoms with E-state index < -0.39 is 17.7 Å². The molecule has 0 unspecified atom stereocenters. The summed E-state index contributed by atoms with van der Waals surface area (Å²) < 4.78 is 10.3. The van der Waals surface area contributed by atoms with E-state index in [0.29, 0.717) is 47.7 Å². The molecule has 2 amide bonds. The van der Waals surface area contributed by atoms with Crippen LogP contribution in [0.4, 0.5) is 16.2 Å². The van der Waals surface area contributed by atoms with Crippen LogP contribution in [0.1, 0.15) is 54.7 Å². The van der Waals surface area contributed by atoms with Crippen LogP contribution in [0.2, 0.25) is 0 Å². The Morgan fingerprint density at radius 3 is 2.32 bits per heavy atom. The zero-order valence-electron chi connectivity index (χ0n) is 23.8. The van der Waals surface area contributed by atoms with Crippen molar-refractivity contribution in [3.8, 4) is 0 Å². The van der Waals surface area contributed by atoms with Gasteiger partial charge in [0.1, 0.15) is 5.60 Å². The number of ether oxygens (including phenoxy) is 2. The molecule has 0 bridgehead atoms. The number of carbonyl (C=O) groups is 3. The first-order valence-corrected chi connectivity index (χ1v) is 13.6. The topological polar surface area (TPSA) is 118 Å². The molecule has 1 aliphatic heterocycles. The Morgan fingerprint density at radius 1 is 0.902 bits per heavy atom. The van der Waals surface area contributed by atoms with Gasteiger partial charge < -0.3 is 30.7 Å². The second-order valence-electron chi connectivity index (χ2n) is 10.5. The molecule has 214 valence electrons. The first-order chi connectivity index (χ1) is 19.6. The fourth-order valence-corrected chi connectivity index (χ4v) is 4.30. The van der Waals surface area contributed by atoms with Crippen LogP contribution in [0.15, 0.2) is 72.8 Å². The van der Waals surface area contributed by atoms with Crippen molar-refractivity contribution in [1.82, 2.24) is 10.6 Å². The minimum Gasteiger partial charge on any atom is -0.462 e. The van der Waals surface area contributed by atoms with E-state index in [1.165, 1.54) is 0 Å². The molecule has 0 radical (unpaired) electrons. The van der Waals surface area contributed by atoms with Gasteiger partial charge in [0.25, 0.3) is 5.91 Å². The van der Waals surface area contributed by atoms with Crippen LogP contribution in [-0.4, -0.2) is 43.3 Å². The standard InChI is InChI=1S/C32H36N4O5/c1-5-40-30(38)23-13-16-25-26(19-23)36-29(37)27(25)28(22-9-7-6-8-10-22)35-24-14-11-21(12-15-24)20-33-17-18-34-31(39)41-32(2,3)4/h6-16,19,33,35H,5,17-18,20H2,1-4H3,(H,34,39)(H,36,37)/b28-27-. The highest BCUT2D eigenvalue weighted by Crippen LogP contribution is 2.38. The van der Waals surface area contributed by atoms with E-state index in [1.807, 2.05) is 75.4 Å². The molecule has 0 fully saturated rings. The Bertz CT molecular complexity index is 1430. The van der Waals surface area contributed by atoms with Gasteiger partial charge in [0.2, 0.25) is 0 Å². The highest BCUT2D eigenvalue weighted by molar-refractivity contribution is 6.37. The molecule has 0 spiro atoms. The fourth-order valence-electron chi connectivity index (χ4n) is 4.30. The molecule has 0 atom stereocenters. The van der Waals surface area contributed by atoms with Gasteiger partial charge in [-0.25, -0.2) is 9.59 Å². The Kier molecular flexibility index (Phi) is 9.41. The number of carbonyl (C=O) groups excluding carboxylic acids is 3. The molecule has 0 saturated carbocycles. The molecular formula is C32H36N4O5. The first-order valence-electron chi connectivity index (χ1n) is 13.6. The van der Waals surface area contributed by atoms with Gasteiger partial charge in [-0.3, -0.25) is 4.79 Å². The smallest absolute Gasteiger partial charge is 0.407 e. The number of alkyl carbamates (subject to hydrolysis) is 1. The average molecular weight is 557 g/mol. The second-order valence-corrected chi connectivity index (χ2v) is 10.5. The molecule has 9 heteroatoms. The average Bonchev–Trinajstić information content (AvgIpc) is 3.26. The highest BCUT2D eigenvalue weighted by Gasteiger charge is 2.29. The monoisotopic (exact) mass is 556 g/mol. The fraction of sp³-hybridized carbons (Fsp3) is 0.281. The summed E-state index contributed by atoms with van der Waals surface area (Å²) in [4.78, 5) is 37.2. The van der Waals surface area contributed by atoms with E-state index in [-0.39, 0.29) is 12.5 Å². The molecule has 1 aliphatic rings. The molecule has 0 aromatic heterocycles. The first kappa shape index (κ1) is 29.4. The summed E-state index contributed by atoms with van der Waals surface area (Å²) in [7, 11) is 0. The van der Waals surface area contributed by atoms with Gasteiger partial charge in [-0.05, 0) is 63.1 Å². The molecular weight excluding hydrogens is 520 g/mol. The van der Waals surface area contributed by atoms with Crippen LogP contribution in [0.3, 0.4) is 0 Å². The maximum Gasteiger partial charge on any atom is 0.407 e.